The van der Waals surface area contributed by atoms with Crippen molar-refractivity contribution in [3.63, 3.8) is 0 Å². The number of anilines is 1. The number of thiophene rings is 1. The molecular formula is C12H12N2O4S2. The zero-order valence-electron chi connectivity index (χ0n) is 10.6. The van der Waals surface area contributed by atoms with E-state index >= 15 is 0 Å². The molecule has 0 aliphatic carbocycles. The highest BCUT2D eigenvalue weighted by Gasteiger charge is 2.18. The van der Waals surface area contributed by atoms with Gasteiger partial charge < -0.3 is 5.32 Å². The first-order valence-electron chi connectivity index (χ1n) is 5.61. The molecule has 1 N–H and O–H groups in total. The third-order valence-electron chi connectivity index (χ3n) is 2.66. The first kappa shape index (κ1) is 14.5. The minimum Gasteiger partial charge on any atom is -0.375 e. The van der Waals surface area contributed by atoms with Gasteiger partial charge in [-0.1, -0.05) is 0 Å². The Bertz CT molecular complexity index is 724. The van der Waals surface area contributed by atoms with Crippen molar-refractivity contribution >= 4 is 32.5 Å². The summed E-state index contributed by atoms with van der Waals surface area (Å²) in [4.78, 5) is 10.4. The quantitative estimate of drug-likeness (QED) is 0.677. The molecule has 0 radical (unpaired) electrons. The van der Waals surface area contributed by atoms with Crippen LogP contribution in [0, 0.1) is 10.1 Å². The maximum absolute atomic E-state index is 11.4. The van der Waals surface area contributed by atoms with E-state index < -0.39 is 14.8 Å². The highest BCUT2D eigenvalue weighted by molar-refractivity contribution is 7.90. The molecule has 20 heavy (non-hydrogen) atoms. The molecule has 0 bridgehead atoms. The predicted octanol–water partition coefficient (Wildman–Crippen LogP) is 2.67. The molecule has 0 saturated heterocycles. The first-order chi connectivity index (χ1) is 9.38. The van der Waals surface area contributed by atoms with Crippen molar-refractivity contribution in [2.45, 2.75) is 11.4 Å². The van der Waals surface area contributed by atoms with Crippen molar-refractivity contribution in [1.29, 1.82) is 0 Å². The number of nitrogens with zero attached hydrogens (tertiary/aromatic N) is 1. The van der Waals surface area contributed by atoms with Gasteiger partial charge in [-0.15, -0.1) is 0 Å². The zero-order chi connectivity index (χ0) is 14.8. The van der Waals surface area contributed by atoms with Gasteiger partial charge in [0.25, 0.3) is 5.69 Å². The van der Waals surface area contributed by atoms with Gasteiger partial charge in [-0.25, -0.2) is 8.42 Å². The molecule has 1 heterocycles. The second-order valence-electron chi connectivity index (χ2n) is 4.19. The van der Waals surface area contributed by atoms with E-state index in [0.717, 1.165) is 17.9 Å². The fourth-order valence-corrected chi connectivity index (χ4v) is 2.94. The minimum atomic E-state index is -3.46. The summed E-state index contributed by atoms with van der Waals surface area (Å²) in [5.41, 5.74) is 1.06. The molecule has 2 aromatic rings. The number of nitrogens with one attached hydrogen (secondary N) is 1. The van der Waals surface area contributed by atoms with Crippen LogP contribution in [0.3, 0.4) is 0 Å². The monoisotopic (exact) mass is 312 g/mol. The van der Waals surface area contributed by atoms with Gasteiger partial charge in [-0.3, -0.25) is 10.1 Å². The molecule has 8 heteroatoms. The van der Waals surface area contributed by atoms with E-state index in [9.17, 15) is 18.5 Å². The normalized spacial score (nSPS) is 11.2. The molecular weight excluding hydrogens is 300 g/mol. The molecule has 0 unspecified atom stereocenters. The molecule has 0 amide bonds. The maximum Gasteiger partial charge on any atom is 0.293 e. The van der Waals surface area contributed by atoms with E-state index in [1.165, 1.54) is 23.5 Å². The maximum atomic E-state index is 11.4. The third kappa shape index (κ3) is 3.34. The lowest BCUT2D eigenvalue weighted by molar-refractivity contribution is -0.384. The largest absolute Gasteiger partial charge is 0.375 e. The summed E-state index contributed by atoms with van der Waals surface area (Å²) >= 11 is 1.54. The minimum absolute atomic E-state index is 0.0646. The number of sulfone groups is 1. The van der Waals surface area contributed by atoms with E-state index in [-0.39, 0.29) is 10.6 Å². The Morgan fingerprint density at radius 2 is 2.10 bits per heavy atom. The lowest BCUT2D eigenvalue weighted by Gasteiger charge is -2.07. The van der Waals surface area contributed by atoms with Crippen LogP contribution >= 0.6 is 11.3 Å². The number of rotatable bonds is 5. The fraction of sp³-hybridized carbons (Fsp3) is 0.167. The molecule has 0 spiro atoms. The SMILES string of the molecule is CS(=O)(=O)c1ccc(NCc2ccsc2)c([N+](=O)[O-])c1. The number of hydrogen-bond donors (Lipinski definition) is 1. The Hall–Kier alpha value is -1.93. The average Bonchev–Trinajstić information content (AvgIpc) is 2.88. The van der Waals surface area contributed by atoms with Crippen LogP contribution in [0.25, 0.3) is 0 Å². The van der Waals surface area contributed by atoms with Crippen LogP contribution in [-0.4, -0.2) is 19.6 Å². The van der Waals surface area contributed by atoms with Gasteiger partial charge in [0.1, 0.15) is 5.69 Å². The summed E-state index contributed by atoms with van der Waals surface area (Å²) in [6.07, 6.45) is 1.02. The van der Waals surface area contributed by atoms with Crippen LogP contribution in [0.1, 0.15) is 5.56 Å². The van der Waals surface area contributed by atoms with E-state index in [4.69, 9.17) is 0 Å². The fourth-order valence-electron chi connectivity index (χ4n) is 1.63. The Morgan fingerprint density at radius 3 is 2.65 bits per heavy atom. The number of nitro groups is 1. The summed E-state index contributed by atoms with van der Waals surface area (Å²) in [5.74, 6) is 0. The van der Waals surface area contributed by atoms with Crippen LogP contribution in [0.15, 0.2) is 39.9 Å². The van der Waals surface area contributed by atoms with Gasteiger partial charge in [0, 0.05) is 18.9 Å². The topological polar surface area (TPSA) is 89.3 Å². The van der Waals surface area contributed by atoms with Crippen molar-refractivity contribution in [3.05, 3.63) is 50.7 Å². The molecule has 2 rings (SSSR count). The van der Waals surface area contributed by atoms with Gasteiger partial charge in [0.2, 0.25) is 0 Å². The van der Waals surface area contributed by atoms with Gasteiger partial charge in [-0.2, -0.15) is 11.3 Å². The van der Waals surface area contributed by atoms with Gasteiger partial charge in [0.15, 0.2) is 9.84 Å². The van der Waals surface area contributed by atoms with E-state index in [2.05, 4.69) is 5.32 Å². The smallest absolute Gasteiger partial charge is 0.293 e. The second kappa shape index (κ2) is 5.59. The predicted molar refractivity (Wildman–Crippen MR) is 77.9 cm³/mol. The number of nitro benzene ring substituents is 1. The molecule has 0 fully saturated rings. The summed E-state index contributed by atoms with van der Waals surface area (Å²) in [5, 5.41) is 17.8. The number of benzene rings is 1. The lowest BCUT2D eigenvalue weighted by Crippen LogP contribution is -2.04. The summed E-state index contributed by atoms with van der Waals surface area (Å²) in [7, 11) is -3.46. The molecule has 0 aliphatic rings. The molecule has 6 nitrogen and oxygen atoms in total. The average molecular weight is 312 g/mol. The third-order valence-corrected chi connectivity index (χ3v) is 4.50. The van der Waals surface area contributed by atoms with E-state index in [1.807, 2.05) is 16.8 Å². The summed E-state index contributed by atoms with van der Waals surface area (Å²) < 4.78 is 22.8. The van der Waals surface area contributed by atoms with Gasteiger partial charge in [0.05, 0.1) is 9.82 Å². The van der Waals surface area contributed by atoms with Crippen molar-refractivity contribution in [2.75, 3.05) is 11.6 Å². The van der Waals surface area contributed by atoms with Crippen molar-refractivity contribution in [3.8, 4) is 0 Å². The second-order valence-corrected chi connectivity index (χ2v) is 6.99. The number of hydrogen-bond acceptors (Lipinski definition) is 6. The van der Waals surface area contributed by atoms with Crippen molar-refractivity contribution in [1.82, 2.24) is 0 Å². The first-order valence-corrected chi connectivity index (χ1v) is 8.45. The highest BCUT2D eigenvalue weighted by atomic mass is 32.2. The zero-order valence-corrected chi connectivity index (χ0v) is 12.2. The van der Waals surface area contributed by atoms with Gasteiger partial charge >= 0.3 is 0 Å². The van der Waals surface area contributed by atoms with E-state index in [0.29, 0.717) is 12.2 Å². The molecule has 0 aliphatic heterocycles. The Kier molecular flexibility index (Phi) is 4.05. The lowest BCUT2D eigenvalue weighted by atomic mass is 10.2. The molecule has 0 atom stereocenters. The van der Waals surface area contributed by atoms with Crippen LogP contribution in [-0.2, 0) is 16.4 Å². The van der Waals surface area contributed by atoms with Crippen molar-refractivity contribution < 1.29 is 13.3 Å². The summed E-state index contributed by atoms with van der Waals surface area (Å²) in [6, 6.07) is 5.76. The molecule has 0 saturated carbocycles. The van der Waals surface area contributed by atoms with Crippen LogP contribution in [0.4, 0.5) is 11.4 Å². The standard InChI is InChI=1S/C12H12N2O4S2/c1-20(17,18)10-2-3-11(12(6-10)14(15)16)13-7-9-4-5-19-8-9/h2-6,8,13H,7H2,1H3. The van der Waals surface area contributed by atoms with Crippen molar-refractivity contribution in [2.24, 2.45) is 0 Å². The molecule has 1 aromatic heterocycles. The van der Waals surface area contributed by atoms with Crippen LogP contribution in [0.5, 0.6) is 0 Å². The highest BCUT2D eigenvalue weighted by Crippen LogP contribution is 2.28. The Labute approximate surface area is 120 Å². The summed E-state index contributed by atoms with van der Waals surface area (Å²) in [6.45, 7) is 0.447. The van der Waals surface area contributed by atoms with E-state index in [1.54, 1.807) is 0 Å². The molecule has 106 valence electrons. The Morgan fingerprint density at radius 1 is 1.35 bits per heavy atom. The van der Waals surface area contributed by atoms with Crippen LogP contribution in [0.2, 0.25) is 0 Å². The van der Waals surface area contributed by atoms with Crippen LogP contribution < -0.4 is 5.32 Å². The molecule has 1 aromatic carbocycles. The van der Waals surface area contributed by atoms with Gasteiger partial charge in [-0.05, 0) is 34.5 Å². The Balaban J connectivity index is 2.31.